The van der Waals surface area contributed by atoms with E-state index in [1.807, 2.05) is 25.8 Å². The molecular weight excluding hydrogens is 475 g/mol. The minimum absolute atomic E-state index is 0. The molecule has 1 fully saturated rings. The number of hydrogen-bond acceptors (Lipinski definition) is 3. The third kappa shape index (κ3) is 7.62. The lowest BCUT2D eigenvalue weighted by Crippen LogP contribution is -2.45. The highest BCUT2D eigenvalue weighted by molar-refractivity contribution is 14.0. The number of imidazole rings is 1. The van der Waals surface area contributed by atoms with Gasteiger partial charge in [0.05, 0.1) is 6.33 Å². The second kappa shape index (κ2) is 12.8. The van der Waals surface area contributed by atoms with E-state index in [1.54, 1.807) is 0 Å². The van der Waals surface area contributed by atoms with Gasteiger partial charge in [0.15, 0.2) is 5.96 Å². The number of guanidine groups is 1. The van der Waals surface area contributed by atoms with Gasteiger partial charge in [-0.3, -0.25) is 9.89 Å². The summed E-state index contributed by atoms with van der Waals surface area (Å²) in [6, 6.07) is 9.40. The van der Waals surface area contributed by atoms with Crippen molar-refractivity contribution in [1.29, 1.82) is 0 Å². The zero-order chi connectivity index (χ0) is 19.6. The molecule has 1 aliphatic heterocycles. The largest absolute Gasteiger partial charge is 0.355 e. The summed E-state index contributed by atoms with van der Waals surface area (Å²) in [6.45, 7) is 7.15. The van der Waals surface area contributed by atoms with E-state index in [9.17, 15) is 0 Å². The Balaban J connectivity index is 0.00000300. The van der Waals surface area contributed by atoms with Gasteiger partial charge in [-0.05, 0) is 36.9 Å². The Kier molecular flexibility index (Phi) is 10.5. The monoisotopic (exact) mass is 510 g/mol. The summed E-state index contributed by atoms with van der Waals surface area (Å²) in [7, 11) is 1.83. The van der Waals surface area contributed by atoms with Gasteiger partial charge in [-0.25, -0.2) is 4.98 Å². The van der Waals surface area contributed by atoms with Crippen LogP contribution in [-0.2, 0) is 13.1 Å². The average Bonchev–Trinajstić information content (AvgIpc) is 3.24. The Morgan fingerprint density at radius 2 is 2.10 bits per heavy atom. The Labute approximate surface area is 192 Å². The van der Waals surface area contributed by atoms with Crippen molar-refractivity contribution in [3.05, 3.63) is 54.1 Å². The minimum atomic E-state index is 0. The molecule has 2 heterocycles. The summed E-state index contributed by atoms with van der Waals surface area (Å²) < 4.78 is 2.08. The fourth-order valence-electron chi connectivity index (χ4n) is 3.97. The number of aromatic nitrogens is 2. The Morgan fingerprint density at radius 1 is 1.24 bits per heavy atom. The molecule has 1 aliphatic rings. The van der Waals surface area contributed by atoms with Crippen LogP contribution in [0.3, 0.4) is 0 Å². The summed E-state index contributed by atoms with van der Waals surface area (Å²) in [4.78, 5) is 11.1. The van der Waals surface area contributed by atoms with E-state index in [-0.39, 0.29) is 24.0 Å². The number of likely N-dealkylation sites (tertiary alicyclic amines) is 1. The van der Waals surface area contributed by atoms with Gasteiger partial charge in [0, 0.05) is 51.7 Å². The lowest BCUT2D eigenvalue weighted by atomic mass is 10.0. The van der Waals surface area contributed by atoms with Crippen LogP contribution in [0.15, 0.2) is 48.0 Å². The van der Waals surface area contributed by atoms with Gasteiger partial charge in [-0.2, -0.15) is 0 Å². The Morgan fingerprint density at radius 3 is 2.86 bits per heavy atom. The number of hydrogen-bond donors (Lipinski definition) is 2. The molecule has 0 radical (unpaired) electrons. The van der Waals surface area contributed by atoms with Crippen LogP contribution in [0.2, 0.25) is 0 Å². The SMILES string of the molecule is CCC1CCCCN1CCNC(=NC)NCc1cccc(Cn2ccnc2)c1.I. The quantitative estimate of drug-likeness (QED) is 0.325. The highest BCUT2D eigenvalue weighted by Gasteiger charge is 2.19. The van der Waals surface area contributed by atoms with Crippen molar-refractivity contribution >= 4 is 29.9 Å². The van der Waals surface area contributed by atoms with Crippen LogP contribution in [-0.4, -0.2) is 53.1 Å². The maximum absolute atomic E-state index is 4.37. The van der Waals surface area contributed by atoms with Crippen LogP contribution in [0.25, 0.3) is 0 Å². The molecule has 1 saturated heterocycles. The highest BCUT2D eigenvalue weighted by Crippen LogP contribution is 2.18. The van der Waals surface area contributed by atoms with Crippen LogP contribution in [0.1, 0.15) is 43.7 Å². The van der Waals surface area contributed by atoms with Crippen molar-refractivity contribution < 1.29 is 0 Å². The van der Waals surface area contributed by atoms with Gasteiger partial charge in [0.25, 0.3) is 0 Å². The molecule has 1 aromatic carbocycles. The van der Waals surface area contributed by atoms with Gasteiger partial charge < -0.3 is 15.2 Å². The standard InChI is InChI=1S/C22H34N6.HI/c1-3-21-9-4-5-12-28(21)14-11-25-22(23-2)26-16-19-7-6-8-20(15-19)17-27-13-10-24-18-27;/h6-8,10,13,15,18,21H,3-5,9,11-12,14,16-17H2,1-2H3,(H2,23,25,26);1H. The summed E-state index contributed by atoms with van der Waals surface area (Å²) in [5, 5.41) is 6.90. The minimum Gasteiger partial charge on any atom is -0.355 e. The Hall–Kier alpha value is -1.61. The van der Waals surface area contributed by atoms with Crippen LogP contribution >= 0.6 is 24.0 Å². The number of benzene rings is 1. The molecule has 1 aromatic heterocycles. The summed E-state index contributed by atoms with van der Waals surface area (Å²) >= 11 is 0. The predicted octanol–water partition coefficient (Wildman–Crippen LogP) is 3.48. The maximum atomic E-state index is 4.37. The normalized spacial score (nSPS) is 17.6. The molecule has 6 nitrogen and oxygen atoms in total. The second-order valence-corrected chi connectivity index (χ2v) is 7.50. The van der Waals surface area contributed by atoms with Crippen LogP contribution in [0, 0.1) is 0 Å². The van der Waals surface area contributed by atoms with E-state index in [0.717, 1.165) is 38.2 Å². The molecule has 3 rings (SSSR count). The van der Waals surface area contributed by atoms with E-state index in [2.05, 4.69) is 61.3 Å². The molecule has 29 heavy (non-hydrogen) atoms. The number of nitrogens with zero attached hydrogens (tertiary/aromatic N) is 4. The zero-order valence-electron chi connectivity index (χ0n) is 17.7. The van der Waals surface area contributed by atoms with Gasteiger partial charge in [0.2, 0.25) is 0 Å². The van der Waals surface area contributed by atoms with Gasteiger partial charge in [-0.1, -0.05) is 37.6 Å². The number of rotatable bonds is 8. The van der Waals surface area contributed by atoms with E-state index in [0.29, 0.717) is 0 Å². The molecule has 160 valence electrons. The first kappa shape index (κ1) is 23.7. The highest BCUT2D eigenvalue weighted by atomic mass is 127. The first-order valence-corrected chi connectivity index (χ1v) is 10.5. The van der Waals surface area contributed by atoms with Crippen molar-refractivity contribution in [3.8, 4) is 0 Å². The Bertz CT molecular complexity index is 731. The first-order valence-electron chi connectivity index (χ1n) is 10.5. The van der Waals surface area contributed by atoms with Crippen molar-refractivity contribution in [2.75, 3.05) is 26.7 Å². The summed E-state index contributed by atoms with van der Waals surface area (Å²) in [5.41, 5.74) is 2.53. The van der Waals surface area contributed by atoms with E-state index >= 15 is 0 Å². The van der Waals surface area contributed by atoms with E-state index in [1.165, 1.54) is 43.4 Å². The van der Waals surface area contributed by atoms with Gasteiger partial charge >= 0.3 is 0 Å². The summed E-state index contributed by atoms with van der Waals surface area (Å²) in [6.07, 6.45) is 11.0. The molecule has 7 heteroatoms. The van der Waals surface area contributed by atoms with Crippen LogP contribution < -0.4 is 10.6 Å². The molecule has 0 aliphatic carbocycles. The molecule has 2 aromatic rings. The molecule has 0 spiro atoms. The molecule has 1 unspecified atom stereocenters. The molecular formula is C22H35IN6. The number of halogens is 1. The number of piperidine rings is 1. The zero-order valence-corrected chi connectivity index (χ0v) is 20.0. The fraction of sp³-hybridized carbons (Fsp3) is 0.545. The maximum Gasteiger partial charge on any atom is 0.191 e. The average molecular weight is 510 g/mol. The first-order chi connectivity index (χ1) is 13.8. The third-order valence-electron chi connectivity index (χ3n) is 5.51. The molecule has 0 saturated carbocycles. The molecule has 0 amide bonds. The third-order valence-corrected chi connectivity index (χ3v) is 5.51. The van der Waals surface area contributed by atoms with Gasteiger partial charge in [0.1, 0.15) is 0 Å². The number of aliphatic imine (C=N–C) groups is 1. The second-order valence-electron chi connectivity index (χ2n) is 7.50. The summed E-state index contributed by atoms with van der Waals surface area (Å²) in [5.74, 6) is 0.866. The molecule has 1 atom stereocenters. The van der Waals surface area contributed by atoms with Crippen LogP contribution in [0.4, 0.5) is 0 Å². The van der Waals surface area contributed by atoms with Crippen molar-refractivity contribution in [2.24, 2.45) is 4.99 Å². The van der Waals surface area contributed by atoms with Crippen LogP contribution in [0.5, 0.6) is 0 Å². The lowest BCUT2D eigenvalue weighted by molar-refractivity contribution is 0.147. The molecule has 2 N–H and O–H groups in total. The molecule has 0 bridgehead atoms. The topological polar surface area (TPSA) is 57.5 Å². The smallest absolute Gasteiger partial charge is 0.191 e. The van der Waals surface area contributed by atoms with Crippen molar-refractivity contribution in [3.63, 3.8) is 0 Å². The van der Waals surface area contributed by atoms with Crippen molar-refractivity contribution in [1.82, 2.24) is 25.1 Å². The van der Waals surface area contributed by atoms with Crippen molar-refractivity contribution in [2.45, 2.75) is 51.7 Å². The lowest BCUT2D eigenvalue weighted by Gasteiger charge is -2.35. The predicted molar refractivity (Wildman–Crippen MR) is 131 cm³/mol. The number of nitrogens with one attached hydrogen (secondary N) is 2. The van der Waals surface area contributed by atoms with E-state index < -0.39 is 0 Å². The van der Waals surface area contributed by atoms with Gasteiger partial charge in [-0.15, -0.1) is 24.0 Å². The van der Waals surface area contributed by atoms with E-state index in [4.69, 9.17) is 0 Å². The fourth-order valence-corrected chi connectivity index (χ4v) is 3.97.